The Balaban J connectivity index is 1.65. The lowest BCUT2D eigenvalue weighted by Gasteiger charge is -2.37. The van der Waals surface area contributed by atoms with Crippen molar-refractivity contribution in [2.24, 2.45) is 5.92 Å². The number of ether oxygens (including phenoxy) is 2. The molecule has 0 spiro atoms. The molecule has 0 radical (unpaired) electrons. The van der Waals surface area contributed by atoms with Gasteiger partial charge < -0.3 is 19.7 Å². The van der Waals surface area contributed by atoms with E-state index in [1.807, 2.05) is 25.1 Å². The minimum atomic E-state index is -0.429. The Morgan fingerprint density at radius 2 is 1.96 bits per heavy atom. The number of nitrogens with zero attached hydrogens (tertiary/aromatic N) is 1. The van der Waals surface area contributed by atoms with Crippen molar-refractivity contribution in [2.45, 2.75) is 51.9 Å². The summed E-state index contributed by atoms with van der Waals surface area (Å²) >= 11 is 0. The van der Waals surface area contributed by atoms with Gasteiger partial charge in [-0.3, -0.25) is 4.79 Å². The number of hydrogen-bond donors (Lipinski definition) is 1. The van der Waals surface area contributed by atoms with Crippen molar-refractivity contribution in [3.8, 4) is 0 Å². The van der Waals surface area contributed by atoms with E-state index in [-0.39, 0.29) is 18.1 Å². The number of benzene rings is 1. The second kappa shape index (κ2) is 7.53. The number of carbonyl (C=O) groups excluding carboxylic acids is 1. The van der Waals surface area contributed by atoms with E-state index in [2.05, 4.69) is 30.1 Å². The van der Waals surface area contributed by atoms with E-state index in [1.165, 1.54) is 12.8 Å². The van der Waals surface area contributed by atoms with E-state index >= 15 is 0 Å². The molecule has 5 heteroatoms. The zero-order valence-corrected chi connectivity index (χ0v) is 14.8. The molecule has 1 amide bonds. The highest BCUT2D eigenvalue weighted by Crippen LogP contribution is 2.30. The monoisotopic (exact) mass is 332 g/mol. The van der Waals surface area contributed by atoms with Crippen LogP contribution in [-0.2, 0) is 14.3 Å². The van der Waals surface area contributed by atoms with Crippen molar-refractivity contribution in [3.05, 3.63) is 24.3 Å². The first-order chi connectivity index (χ1) is 11.5. The molecule has 1 N–H and O–H groups in total. The van der Waals surface area contributed by atoms with Gasteiger partial charge in [0.15, 0.2) is 0 Å². The number of para-hydroxylation sites is 2. The largest absolute Gasteiger partial charge is 0.372 e. The van der Waals surface area contributed by atoms with Gasteiger partial charge in [-0.2, -0.15) is 0 Å². The van der Waals surface area contributed by atoms with Crippen molar-refractivity contribution in [1.29, 1.82) is 0 Å². The van der Waals surface area contributed by atoms with E-state index in [0.29, 0.717) is 12.5 Å². The van der Waals surface area contributed by atoms with Gasteiger partial charge in [0, 0.05) is 13.1 Å². The maximum atomic E-state index is 12.4. The first-order valence-electron chi connectivity index (χ1n) is 8.95. The SMILES string of the molecule is C[C@@H]1CN(c2ccccc2NC(=O)[C@@H](C)OCC2CC2)C[C@@H](C)O1. The van der Waals surface area contributed by atoms with Crippen molar-refractivity contribution >= 4 is 17.3 Å². The molecule has 3 atom stereocenters. The number of morpholine rings is 1. The highest BCUT2D eigenvalue weighted by Gasteiger charge is 2.26. The molecule has 2 fully saturated rings. The lowest BCUT2D eigenvalue weighted by atomic mass is 10.1. The van der Waals surface area contributed by atoms with Crippen LogP contribution in [-0.4, -0.2) is 43.9 Å². The van der Waals surface area contributed by atoms with Crippen LogP contribution in [0.25, 0.3) is 0 Å². The molecule has 2 aliphatic rings. The Hall–Kier alpha value is -1.59. The topological polar surface area (TPSA) is 50.8 Å². The van der Waals surface area contributed by atoms with Crippen LogP contribution >= 0.6 is 0 Å². The molecule has 0 aromatic heterocycles. The second-order valence-corrected chi connectivity index (χ2v) is 7.09. The molecule has 3 rings (SSSR count). The fourth-order valence-corrected chi connectivity index (χ4v) is 3.10. The third-order valence-electron chi connectivity index (χ3n) is 4.57. The minimum absolute atomic E-state index is 0.0857. The van der Waals surface area contributed by atoms with Gasteiger partial charge in [0.1, 0.15) is 6.10 Å². The first-order valence-corrected chi connectivity index (χ1v) is 8.95. The molecule has 1 saturated heterocycles. The van der Waals surface area contributed by atoms with Crippen LogP contribution in [0.1, 0.15) is 33.6 Å². The van der Waals surface area contributed by atoms with Gasteiger partial charge in [-0.15, -0.1) is 0 Å². The smallest absolute Gasteiger partial charge is 0.253 e. The normalized spacial score (nSPS) is 25.4. The van der Waals surface area contributed by atoms with Crippen LogP contribution in [0.2, 0.25) is 0 Å². The number of amides is 1. The molecule has 1 saturated carbocycles. The van der Waals surface area contributed by atoms with Crippen LogP contribution in [0, 0.1) is 5.92 Å². The Kier molecular flexibility index (Phi) is 5.41. The fraction of sp³-hybridized carbons (Fsp3) is 0.632. The summed E-state index contributed by atoms with van der Waals surface area (Å²) in [5.74, 6) is 0.571. The predicted molar refractivity (Wildman–Crippen MR) is 95.4 cm³/mol. The van der Waals surface area contributed by atoms with Crippen LogP contribution in [0.15, 0.2) is 24.3 Å². The molecule has 1 aliphatic heterocycles. The number of hydrogen-bond acceptors (Lipinski definition) is 4. The van der Waals surface area contributed by atoms with Crippen LogP contribution in [0.4, 0.5) is 11.4 Å². The summed E-state index contributed by atoms with van der Waals surface area (Å²) in [6.07, 6.45) is 2.38. The molecule has 0 unspecified atom stereocenters. The van der Waals surface area contributed by atoms with E-state index in [1.54, 1.807) is 0 Å². The van der Waals surface area contributed by atoms with E-state index in [0.717, 1.165) is 24.5 Å². The Morgan fingerprint density at radius 3 is 2.62 bits per heavy atom. The second-order valence-electron chi connectivity index (χ2n) is 7.09. The predicted octanol–water partition coefficient (Wildman–Crippen LogP) is 3.05. The zero-order chi connectivity index (χ0) is 17.1. The van der Waals surface area contributed by atoms with Crippen LogP contribution in [0.5, 0.6) is 0 Å². The minimum Gasteiger partial charge on any atom is -0.372 e. The summed E-state index contributed by atoms with van der Waals surface area (Å²) in [6.45, 7) is 8.32. The Morgan fingerprint density at radius 1 is 1.29 bits per heavy atom. The maximum absolute atomic E-state index is 12.4. The summed E-state index contributed by atoms with van der Waals surface area (Å²) in [5, 5.41) is 3.03. The maximum Gasteiger partial charge on any atom is 0.253 e. The number of carbonyl (C=O) groups is 1. The average molecular weight is 332 g/mol. The average Bonchev–Trinajstić information content (AvgIpc) is 3.36. The number of rotatable bonds is 6. The van der Waals surface area contributed by atoms with Crippen molar-refractivity contribution in [1.82, 2.24) is 0 Å². The molecular weight excluding hydrogens is 304 g/mol. The standard InChI is InChI=1S/C19H28N2O3/c1-13-10-21(11-14(2)24-13)18-7-5-4-6-17(18)20-19(22)15(3)23-12-16-8-9-16/h4-7,13-16H,8-12H2,1-3H3,(H,20,22)/t13-,14-,15-/m1/s1. The fourth-order valence-electron chi connectivity index (χ4n) is 3.10. The van der Waals surface area contributed by atoms with Crippen LogP contribution < -0.4 is 10.2 Å². The lowest BCUT2D eigenvalue weighted by molar-refractivity contribution is -0.126. The summed E-state index contributed by atoms with van der Waals surface area (Å²) < 4.78 is 11.5. The van der Waals surface area contributed by atoms with Crippen LogP contribution in [0.3, 0.4) is 0 Å². The van der Waals surface area contributed by atoms with Gasteiger partial charge in [-0.05, 0) is 51.7 Å². The molecular formula is C19H28N2O3. The van der Waals surface area contributed by atoms with Gasteiger partial charge in [0.2, 0.25) is 0 Å². The van der Waals surface area contributed by atoms with E-state index in [4.69, 9.17) is 9.47 Å². The molecule has 0 bridgehead atoms. The lowest BCUT2D eigenvalue weighted by Crippen LogP contribution is -2.45. The summed E-state index contributed by atoms with van der Waals surface area (Å²) in [4.78, 5) is 14.7. The molecule has 5 nitrogen and oxygen atoms in total. The van der Waals surface area contributed by atoms with Crippen molar-refractivity contribution < 1.29 is 14.3 Å². The molecule has 1 aliphatic carbocycles. The Labute approximate surface area is 144 Å². The number of nitrogens with one attached hydrogen (secondary N) is 1. The molecule has 1 aromatic rings. The molecule has 132 valence electrons. The molecule has 24 heavy (non-hydrogen) atoms. The quantitative estimate of drug-likeness (QED) is 0.870. The third-order valence-corrected chi connectivity index (χ3v) is 4.57. The van der Waals surface area contributed by atoms with E-state index < -0.39 is 6.10 Å². The van der Waals surface area contributed by atoms with Gasteiger partial charge in [-0.1, -0.05) is 12.1 Å². The first kappa shape index (κ1) is 17.2. The highest BCUT2D eigenvalue weighted by molar-refractivity contribution is 5.97. The summed E-state index contributed by atoms with van der Waals surface area (Å²) in [5.41, 5.74) is 1.88. The number of anilines is 2. The highest BCUT2D eigenvalue weighted by atomic mass is 16.5. The van der Waals surface area contributed by atoms with E-state index in [9.17, 15) is 4.79 Å². The van der Waals surface area contributed by atoms with Gasteiger partial charge in [-0.25, -0.2) is 0 Å². The van der Waals surface area contributed by atoms with Crippen molar-refractivity contribution in [2.75, 3.05) is 29.9 Å². The van der Waals surface area contributed by atoms with Crippen molar-refractivity contribution in [3.63, 3.8) is 0 Å². The molecule has 1 aromatic carbocycles. The third kappa shape index (κ3) is 4.48. The summed E-state index contributed by atoms with van der Waals surface area (Å²) in [6, 6.07) is 7.95. The Bertz CT molecular complexity index is 563. The zero-order valence-electron chi connectivity index (χ0n) is 14.8. The van der Waals surface area contributed by atoms with Gasteiger partial charge >= 0.3 is 0 Å². The molecule has 1 heterocycles. The van der Waals surface area contributed by atoms with Gasteiger partial charge in [0.05, 0.1) is 30.2 Å². The summed E-state index contributed by atoms with van der Waals surface area (Å²) in [7, 11) is 0. The van der Waals surface area contributed by atoms with Gasteiger partial charge in [0.25, 0.3) is 5.91 Å².